The summed E-state index contributed by atoms with van der Waals surface area (Å²) >= 11 is 0. The number of nitrogens with one attached hydrogen (secondary N) is 1. The summed E-state index contributed by atoms with van der Waals surface area (Å²) in [6.07, 6.45) is 1.18. The summed E-state index contributed by atoms with van der Waals surface area (Å²) in [5.74, 6) is -0.388. The molecule has 4 rings (SSSR count). The second-order valence-electron chi connectivity index (χ2n) is 8.68. The van der Waals surface area contributed by atoms with Crippen LogP contribution in [-0.2, 0) is 9.84 Å². The maximum Gasteiger partial charge on any atom is 0.250 e. The van der Waals surface area contributed by atoms with E-state index in [1.165, 1.54) is 12.1 Å². The minimum Gasteiger partial charge on any atom is -0.384 e. The van der Waals surface area contributed by atoms with E-state index in [0.29, 0.717) is 24.9 Å². The highest BCUT2D eigenvalue weighted by Crippen LogP contribution is 2.47. The minimum absolute atomic E-state index is 0.0956. The molecule has 2 heterocycles. The average Bonchev–Trinajstić information content (AvgIpc) is 3.07. The number of hydrogen-bond donors (Lipinski definition) is 2. The van der Waals surface area contributed by atoms with E-state index in [0.717, 1.165) is 22.4 Å². The summed E-state index contributed by atoms with van der Waals surface area (Å²) in [6.45, 7) is 4.23. The van der Waals surface area contributed by atoms with Crippen LogP contribution in [0.25, 0.3) is 11.1 Å². The third kappa shape index (κ3) is 3.41. The molecule has 1 saturated heterocycles. The fraction of sp³-hybridized carbons (Fsp3) is 0.409. The number of hydrogen-bond acceptors (Lipinski definition) is 4. The molecule has 0 aliphatic carbocycles. The molecule has 154 valence electrons. The molecule has 0 spiro atoms. The number of nitrogens with two attached hydrogens (primary N) is 1. The fourth-order valence-corrected chi connectivity index (χ4v) is 6.32. The Labute approximate surface area is 170 Å². The smallest absolute Gasteiger partial charge is 0.250 e. The van der Waals surface area contributed by atoms with Crippen molar-refractivity contribution < 1.29 is 17.6 Å². The highest BCUT2D eigenvalue weighted by atomic mass is 32.2. The molecule has 3 N–H and O–H groups in total. The number of primary amides is 1. The summed E-state index contributed by atoms with van der Waals surface area (Å²) < 4.78 is 37.4. The van der Waals surface area contributed by atoms with Crippen molar-refractivity contribution in [2.75, 3.05) is 17.6 Å². The number of anilines is 1. The lowest BCUT2D eigenvalue weighted by atomic mass is 9.79. The SMILES string of the molecule is CC1(C)C[C@H](C2CNc3c(C(N)=O)cc(-c4ccc(F)cc4)cc32)CCS1(=O)=O. The van der Waals surface area contributed by atoms with E-state index in [1.54, 1.807) is 32.0 Å². The van der Waals surface area contributed by atoms with Crippen LogP contribution in [0.4, 0.5) is 10.1 Å². The van der Waals surface area contributed by atoms with Gasteiger partial charge in [-0.2, -0.15) is 0 Å². The van der Waals surface area contributed by atoms with Gasteiger partial charge < -0.3 is 11.1 Å². The zero-order valence-corrected chi connectivity index (χ0v) is 17.4. The summed E-state index contributed by atoms with van der Waals surface area (Å²) in [6, 6.07) is 9.88. The maximum atomic E-state index is 13.3. The molecule has 1 unspecified atom stereocenters. The average molecular weight is 417 g/mol. The molecular formula is C22H25FN2O3S. The van der Waals surface area contributed by atoms with E-state index < -0.39 is 20.5 Å². The Balaban J connectivity index is 1.77. The Morgan fingerprint density at radius 3 is 2.48 bits per heavy atom. The second-order valence-corrected chi connectivity index (χ2v) is 11.4. The van der Waals surface area contributed by atoms with Crippen LogP contribution in [0.2, 0.25) is 0 Å². The predicted octanol–water partition coefficient (Wildman–Crippen LogP) is 3.70. The first-order chi connectivity index (χ1) is 13.6. The molecule has 1 amide bonds. The number of fused-ring (bicyclic) bond motifs is 1. The molecule has 7 heteroatoms. The van der Waals surface area contributed by atoms with Crippen LogP contribution in [0, 0.1) is 11.7 Å². The van der Waals surface area contributed by atoms with Crippen molar-refractivity contribution in [2.24, 2.45) is 11.7 Å². The number of benzene rings is 2. The minimum atomic E-state index is -3.11. The van der Waals surface area contributed by atoms with Gasteiger partial charge in [-0.3, -0.25) is 4.79 Å². The molecule has 0 saturated carbocycles. The zero-order valence-electron chi connectivity index (χ0n) is 16.5. The normalized spacial score (nSPS) is 24.5. The van der Waals surface area contributed by atoms with Crippen LogP contribution < -0.4 is 11.1 Å². The van der Waals surface area contributed by atoms with Crippen molar-refractivity contribution >= 4 is 21.4 Å². The Kier molecular flexibility index (Phi) is 4.69. The van der Waals surface area contributed by atoms with Crippen molar-refractivity contribution in [1.82, 2.24) is 0 Å². The van der Waals surface area contributed by atoms with Gasteiger partial charge in [0.25, 0.3) is 5.91 Å². The van der Waals surface area contributed by atoms with Gasteiger partial charge in [0.1, 0.15) is 5.82 Å². The van der Waals surface area contributed by atoms with E-state index in [9.17, 15) is 17.6 Å². The van der Waals surface area contributed by atoms with Crippen LogP contribution in [0.5, 0.6) is 0 Å². The van der Waals surface area contributed by atoms with E-state index >= 15 is 0 Å². The lowest BCUT2D eigenvalue weighted by molar-refractivity contribution is 0.100. The lowest BCUT2D eigenvalue weighted by Crippen LogP contribution is -2.42. The molecule has 2 aromatic rings. The fourth-order valence-electron chi connectivity index (χ4n) is 4.69. The van der Waals surface area contributed by atoms with Crippen LogP contribution in [0.15, 0.2) is 36.4 Å². The summed E-state index contributed by atoms with van der Waals surface area (Å²) in [5.41, 5.74) is 9.37. The monoisotopic (exact) mass is 416 g/mol. The molecule has 5 nitrogen and oxygen atoms in total. The Bertz CT molecular complexity index is 1080. The predicted molar refractivity (Wildman–Crippen MR) is 112 cm³/mol. The van der Waals surface area contributed by atoms with Gasteiger partial charge >= 0.3 is 0 Å². The Morgan fingerprint density at radius 1 is 1.17 bits per heavy atom. The summed E-state index contributed by atoms with van der Waals surface area (Å²) in [5, 5.41) is 3.32. The van der Waals surface area contributed by atoms with Gasteiger partial charge in [0.05, 0.1) is 21.8 Å². The molecule has 1 fully saturated rings. The molecule has 2 atom stereocenters. The van der Waals surface area contributed by atoms with Crippen molar-refractivity contribution in [3.63, 3.8) is 0 Å². The molecule has 0 aromatic heterocycles. The molecule has 29 heavy (non-hydrogen) atoms. The van der Waals surface area contributed by atoms with Gasteiger partial charge in [-0.05, 0) is 73.6 Å². The first-order valence-corrected chi connectivity index (χ1v) is 11.4. The van der Waals surface area contributed by atoms with Gasteiger partial charge in [0.2, 0.25) is 0 Å². The van der Waals surface area contributed by atoms with E-state index in [-0.39, 0.29) is 23.4 Å². The quantitative estimate of drug-likeness (QED) is 0.798. The number of sulfone groups is 1. The molecule has 2 aliphatic heterocycles. The first-order valence-electron chi connectivity index (χ1n) is 9.79. The van der Waals surface area contributed by atoms with Gasteiger partial charge in [-0.1, -0.05) is 12.1 Å². The van der Waals surface area contributed by atoms with Gasteiger partial charge in [-0.15, -0.1) is 0 Å². The van der Waals surface area contributed by atoms with Gasteiger partial charge in [0.15, 0.2) is 9.84 Å². The van der Waals surface area contributed by atoms with Gasteiger partial charge in [-0.25, -0.2) is 12.8 Å². The standard InChI is InChI=1S/C22H25FN2O3S/c1-22(2)11-14(7-8-29(22,27)28)19-12-25-20-17(19)9-15(10-18(20)21(24)26)13-3-5-16(23)6-4-13/h3-6,9-10,14,19,25H,7-8,11-12H2,1-2H3,(H2,24,26)/t14-,19?/m1/s1. The van der Waals surface area contributed by atoms with Crippen molar-refractivity contribution in [1.29, 1.82) is 0 Å². The van der Waals surface area contributed by atoms with E-state index in [4.69, 9.17) is 5.73 Å². The van der Waals surface area contributed by atoms with Crippen molar-refractivity contribution in [2.45, 2.75) is 37.4 Å². The second kappa shape index (κ2) is 6.83. The maximum absolute atomic E-state index is 13.3. The third-order valence-electron chi connectivity index (χ3n) is 6.43. The number of halogens is 1. The Morgan fingerprint density at radius 2 is 1.86 bits per heavy atom. The van der Waals surface area contributed by atoms with Crippen LogP contribution in [-0.4, -0.2) is 31.4 Å². The van der Waals surface area contributed by atoms with E-state index in [2.05, 4.69) is 5.32 Å². The zero-order chi connectivity index (χ0) is 21.0. The van der Waals surface area contributed by atoms with Crippen LogP contribution in [0.1, 0.15) is 48.5 Å². The topological polar surface area (TPSA) is 89.3 Å². The number of amides is 1. The highest BCUT2D eigenvalue weighted by Gasteiger charge is 2.45. The molecule has 0 radical (unpaired) electrons. The summed E-state index contributed by atoms with van der Waals surface area (Å²) in [4.78, 5) is 12.1. The molecule has 2 aliphatic rings. The molecule has 2 aromatic carbocycles. The van der Waals surface area contributed by atoms with Crippen LogP contribution >= 0.6 is 0 Å². The van der Waals surface area contributed by atoms with Crippen LogP contribution in [0.3, 0.4) is 0 Å². The first kappa shape index (κ1) is 19.9. The number of carbonyl (C=O) groups excluding carboxylic acids is 1. The van der Waals surface area contributed by atoms with Crippen molar-refractivity contribution in [3.05, 3.63) is 53.3 Å². The van der Waals surface area contributed by atoms with E-state index in [1.807, 2.05) is 6.07 Å². The highest BCUT2D eigenvalue weighted by molar-refractivity contribution is 7.92. The number of rotatable bonds is 3. The number of carbonyl (C=O) groups is 1. The van der Waals surface area contributed by atoms with Gasteiger partial charge in [0, 0.05) is 12.5 Å². The largest absolute Gasteiger partial charge is 0.384 e. The lowest BCUT2D eigenvalue weighted by Gasteiger charge is -2.37. The summed E-state index contributed by atoms with van der Waals surface area (Å²) in [7, 11) is -3.11. The third-order valence-corrected chi connectivity index (χ3v) is 9.06. The van der Waals surface area contributed by atoms with Crippen molar-refractivity contribution in [3.8, 4) is 11.1 Å². The molecular weight excluding hydrogens is 391 g/mol. The molecule has 0 bridgehead atoms. The Hall–Kier alpha value is -2.41.